The molecule has 0 saturated carbocycles. The summed E-state index contributed by atoms with van der Waals surface area (Å²) < 4.78 is 38.6. The smallest absolute Gasteiger partial charge is 0.292 e. The number of anilines is 1. The molecule has 0 bridgehead atoms. The summed E-state index contributed by atoms with van der Waals surface area (Å²) in [5, 5.41) is 0. The number of fused-ring (bicyclic) bond motifs is 1. The Bertz CT molecular complexity index is 430. The van der Waals surface area contributed by atoms with Gasteiger partial charge in [0.05, 0.1) is 0 Å². The molecule has 1 atom stereocenters. The molecule has 1 aromatic rings. The first kappa shape index (κ1) is 12.1. The van der Waals surface area contributed by atoms with E-state index < -0.39 is 11.9 Å². The van der Waals surface area contributed by atoms with Crippen molar-refractivity contribution in [2.45, 2.75) is 32.4 Å². The standard InChI is InChI=1S/C10H13F3N4/c1-5-2-3-7-6(4-5)8(10(11,12)13)16-9(15-7)17-14/h5H,2-4,14H2,1H3,(H,15,16,17). The first-order valence-electron chi connectivity index (χ1n) is 5.35. The van der Waals surface area contributed by atoms with E-state index in [-0.39, 0.29) is 17.4 Å². The van der Waals surface area contributed by atoms with Gasteiger partial charge in [-0.05, 0) is 25.2 Å². The molecule has 1 aliphatic rings. The minimum absolute atomic E-state index is 0.175. The Morgan fingerprint density at radius 2 is 2.06 bits per heavy atom. The summed E-state index contributed by atoms with van der Waals surface area (Å²) in [5.74, 6) is 5.13. The van der Waals surface area contributed by atoms with Gasteiger partial charge >= 0.3 is 6.18 Å². The number of nitrogens with one attached hydrogen (secondary N) is 1. The van der Waals surface area contributed by atoms with Gasteiger partial charge in [0.25, 0.3) is 0 Å². The second-order valence-electron chi connectivity index (χ2n) is 4.31. The number of nitrogen functional groups attached to an aromatic ring is 1. The fraction of sp³-hybridized carbons (Fsp3) is 0.600. The predicted molar refractivity (Wildman–Crippen MR) is 56.0 cm³/mol. The van der Waals surface area contributed by atoms with E-state index >= 15 is 0 Å². The van der Waals surface area contributed by atoms with E-state index in [1.165, 1.54) is 0 Å². The van der Waals surface area contributed by atoms with Crippen LogP contribution in [0.2, 0.25) is 0 Å². The largest absolute Gasteiger partial charge is 0.433 e. The molecule has 0 radical (unpaired) electrons. The van der Waals surface area contributed by atoms with Gasteiger partial charge in [0.1, 0.15) is 0 Å². The van der Waals surface area contributed by atoms with Gasteiger partial charge < -0.3 is 0 Å². The van der Waals surface area contributed by atoms with Crippen molar-refractivity contribution in [1.29, 1.82) is 0 Å². The van der Waals surface area contributed by atoms with E-state index in [4.69, 9.17) is 5.84 Å². The molecule has 4 nitrogen and oxygen atoms in total. The van der Waals surface area contributed by atoms with Crippen molar-refractivity contribution in [3.63, 3.8) is 0 Å². The number of aromatic nitrogens is 2. The average Bonchev–Trinajstić information content (AvgIpc) is 2.26. The van der Waals surface area contributed by atoms with E-state index in [9.17, 15) is 13.2 Å². The van der Waals surface area contributed by atoms with E-state index in [0.29, 0.717) is 18.5 Å². The zero-order valence-electron chi connectivity index (χ0n) is 9.30. The number of hydrogen-bond acceptors (Lipinski definition) is 4. The van der Waals surface area contributed by atoms with Crippen LogP contribution in [-0.4, -0.2) is 9.97 Å². The van der Waals surface area contributed by atoms with Crippen LogP contribution in [0.5, 0.6) is 0 Å². The topological polar surface area (TPSA) is 63.8 Å². The van der Waals surface area contributed by atoms with Crippen LogP contribution in [0.3, 0.4) is 0 Å². The number of nitrogens with zero attached hydrogens (tertiary/aromatic N) is 2. The third-order valence-electron chi connectivity index (χ3n) is 2.92. The Kier molecular flexibility index (Phi) is 2.94. The minimum Gasteiger partial charge on any atom is -0.292 e. The summed E-state index contributed by atoms with van der Waals surface area (Å²) in [6, 6.07) is 0. The molecule has 2 rings (SSSR count). The number of aryl methyl sites for hydroxylation is 1. The summed E-state index contributed by atoms with van der Waals surface area (Å²) in [4.78, 5) is 7.43. The predicted octanol–water partition coefficient (Wildman–Crippen LogP) is 1.91. The summed E-state index contributed by atoms with van der Waals surface area (Å²) in [6.45, 7) is 1.93. The first-order chi connectivity index (χ1) is 7.91. The highest BCUT2D eigenvalue weighted by Gasteiger charge is 2.38. The molecular weight excluding hydrogens is 233 g/mol. The van der Waals surface area contributed by atoms with Gasteiger partial charge in [-0.25, -0.2) is 15.8 Å². The lowest BCUT2D eigenvalue weighted by atomic mass is 9.87. The second kappa shape index (κ2) is 4.14. The second-order valence-corrected chi connectivity index (χ2v) is 4.31. The lowest BCUT2D eigenvalue weighted by Crippen LogP contribution is -2.24. The molecule has 1 unspecified atom stereocenters. The number of rotatable bonds is 1. The molecule has 3 N–H and O–H groups in total. The molecule has 0 saturated heterocycles. The van der Waals surface area contributed by atoms with Crippen molar-refractivity contribution < 1.29 is 13.2 Å². The van der Waals surface area contributed by atoms with Crippen molar-refractivity contribution in [3.8, 4) is 0 Å². The summed E-state index contributed by atoms with van der Waals surface area (Å²) in [7, 11) is 0. The number of hydrogen-bond donors (Lipinski definition) is 2. The van der Waals surface area contributed by atoms with E-state index in [1.807, 2.05) is 6.92 Å². The summed E-state index contributed by atoms with van der Waals surface area (Å²) >= 11 is 0. The molecule has 7 heteroatoms. The van der Waals surface area contributed by atoms with Gasteiger partial charge in [0, 0.05) is 11.3 Å². The Balaban J connectivity index is 2.56. The van der Waals surface area contributed by atoms with Crippen LogP contribution in [-0.2, 0) is 19.0 Å². The maximum absolute atomic E-state index is 12.9. The maximum Gasteiger partial charge on any atom is 0.433 e. The molecule has 0 amide bonds. The number of nitrogens with two attached hydrogens (primary N) is 1. The Morgan fingerprint density at radius 1 is 1.35 bits per heavy atom. The van der Waals surface area contributed by atoms with Crippen LogP contribution in [0.25, 0.3) is 0 Å². The van der Waals surface area contributed by atoms with Crippen LogP contribution in [0, 0.1) is 5.92 Å². The lowest BCUT2D eigenvalue weighted by Gasteiger charge is -2.24. The van der Waals surface area contributed by atoms with Crippen molar-refractivity contribution in [2.24, 2.45) is 11.8 Å². The monoisotopic (exact) mass is 246 g/mol. The van der Waals surface area contributed by atoms with Crippen LogP contribution in [0.1, 0.15) is 30.3 Å². The third kappa shape index (κ3) is 2.33. The highest BCUT2D eigenvalue weighted by molar-refractivity contribution is 5.37. The first-order valence-corrected chi connectivity index (χ1v) is 5.35. The molecule has 0 fully saturated rings. The number of alkyl halides is 3. The molecular formula is C10H13F3N4. The molecule has 0 spiro atoms. The Morgan fingerprint density at radius 3 is 2.65 bits per heavy atom. The Hall–Kier alpha value is -1.37. The Labute approximate surface area is 96.4 Å². The molecule has 1 heterocycles. The van der Waals surface area contributed by atoms with Gasteiger partial charge in [-0.1, -0.05) is 6.92 Å². The quantitative estimate of drug-likeness (QED) is 0.587. The van der Waals surface area contributed by atoms with E-state index in [2.05, 4.69) is 15.4 Å². The summed E-state index contributed by atoms with van der Waals surface area (Å²) in [6.07, 6.45) is -2.72. The zero-order chi connectivity index (χ0) is 12.6. The SMILES string of the molecule is CC1CCc2nc(NN)nc(C(F)(F)F)c2C1. The molecule has 0 aromatic carbocycles. The molecule has 94 valence electrons. The van der Waals surface area contributed by atoms with Crippen molar-refractivity contribution in [1.82, 2.24) is 9.97 Å². The summed E-state index contributed by atoms with van der Waals surface area (Å²) in [5.41, 5.74) is 1.89. The van der Waals surface area contributed by atoms with Gasteiger partial charge in [0.15, 0.2) is 5.69 Å². The highest BCUT2D eigenvalue weighted by Crippen LogP contribution is 2.36. The highest BCUT2D eigenvalue weighted by atomic mass is 19.4. The normalized spacial score (nSPS) is 19.9. The van der Waals surface area contributed by atoms with E-state index in [1.54, 1.807) is 0 Å². The van der Waals surface area contributed by atoms with Crippen molar-refractivity contribution >= 4 is 5.95 Å². The van der Waals surface area contributed by atoms with Gasteiger partial charge in [-0.3, -0.25) is 5.43 Å². The average molecular weight is 246 g/mol. The maximum atomic E-state index is 12.9. The van der Waals surface area contributed by atoms with Gasteiger partial charge in [0.2, 0.25) is 5.95 Å². The van der Waals surface area contributed by atoms with Crippen LogP contribution in [0.15, 0.2) is 0 Å². The molecule has 1 aromatic heterocycles. The van der Waals surface area contributed by atoms with Crippen molar-refractivity contribution in [3.05, 3.63) is 17.0 Å². The van der Waals surface area contributed by atoms with E-state index in [0.717, 1.165) is 6.42 Å². The minimum atomic E-state index is -4.46. The molecule has 1 aliphatic carbocycles. The van der Waals surface area contributed by atoms with Crippen LogP contribution >= 0.6 is 0 Å². The number of hydrazine groups is 1. The lowest BCUT2D eigenvalue weighted by molar-refractivity contribution is -0.142. The van der Waals surface area contributed by atoms with Crippen LogP contribution < -0.4 is 11.3 Å². The van der Waals surface area contributed by atoms with Crippen molar-refractivity contribution in [2.75, 3.05) is 5.43 Å². The fourth-order valence-corrected chi connectivity index (χ4v) is 2.08. The molecule has 17 heavy (non-hydrogen) atoms. The fourth-order valence-electron chi connectivity index (χ4n) is 2.08. The van der Waals surface area contributed by atoms with Gasteiger partial charge in [-0.15, -0.1) is 0 Å². The zero-order valence-corrected chi connectivity index (χ0v) is 9.30. The third-order valence-corrected chi connectivity index (χ3v) is 2.92. The molecule has 0 aliphatic heterocycles. The van der Waals surface area contributed by atoms with Gasteiger partial charge in [-0.2, -0.15) is 13.2 Å². The number of halogens is 3. The van der Waals surface area contributed by atoms with Crippen LogP contribution in [0.4, 0.5) is 19.1 Å².